The van der Waals surface area contributed by atoms with Gasteiger partial charge in [-0.3, -0.25) is 14.3 Å². The number of hydrogen-bond acceptors (Lipinski definition) is 5. The Morgan fingerprint density at radius 2 is 1.71 bits per heavy atom. The fraction of sp³-hybridized carbons (Fsp3) is 0.238. The molecule has 0 amide bonds. The first-order valence-electron chi connectivity index (χ1n) is 8.81. The van der Waals surface area contributed by atoms with Gasteiger partial charge >= 0.3 is 0 Å². The number of hydrogen-bond donors (Lipinski definition) is 1. The molecular weight excluding hydrogens is 358 g/mol. The Bertz CT molecular complexity index is 1050. The Morgan fingerprint density at radius 1 is 1.04 bits per heavy atom. The van der Waals surface area contributed by atoms with Gasteiger partial charge in [-0.1, -0.05) is 18.2 Å². The first-order chi connectivity index (χ1) is 13.5. The monoisotopic (exact) mass is 381 g/mol. The van der Waals surface area contributed by atoms with E-state index in [1.54, 1.807) is 27.6 Å². The van der Waals surface area contributed by atoms with Crippen molar-refractivity contribution in [3.05, 3.63) is 70.1 Å². The van der Waals surface area contributed by atoms with E-state index in [0.717, 1.165) is 11.4 Å². The van der Waals surface area contributed by atoms with Gasteiger partial charge in [-0.2, -0.15) is 0 Å². The van der Waals surface area contributed by atoms with E-state index in [0.29, 0.717) is 22.7 Å². The third kappa shape index (κ3) is 3.51. The molecule has 3 rings (SSSR count). The van der Waals surface area contributed by atoms with Crippen molar-refractivity contribution in [1.82, 2.24) is 9.36 Å². The molecule has 0 atom stereocenters. The van der Waals surface area contributed by atoms with Gasteiger partial charge in [-0.05, 0) is 37.3 Å². The number of Topliss-reactive ketones (excluding diaryl/α,β-unsaturated/α-hetero) is 1. The van der Waals surface area contributed by atoms with E-state index < -0.39 is 0 Å². The first kappa shape index (κ1) is 19.3. The third-order valence-electron chi connectivity index (χ3n) is 4.69. The predicted molar refractivity (Wildman–Crippen MR) is 108 cm³/mol. The number of benzene rings is 2. The SMILES string of the molecule is COc1ccc(C(=O)CNc2c(C)n(C)n(-c3ccccc3)c2=O)cc1OC. The summed E-state index contributed by atoms with van der Waals surface area (Å²) in [4.78, 5) is 25.5. The standard InChI is InChI=1S/C21H23N3O4/c1-14-20(21(26)24(23(14)2)16-8-6-5-7-9-16)22-13-17(25)15-10-11-18(27-3)19(12-15)28-4/h5-12,22H,13H2,1-4H3. The lowest BCUT2D eigenvalue weighted by molar-refractivity contribution is 0.101. The maximum Gasteiger partial charge on any atom is 0.295 e. The van der Waals surface area contributed by atoms with Gasteiger partial charge in [0.25, 0.3) is 5.56 Å². The number of anilines is 1. The minimum Gasteiger partial charge on any atom is -0.493 e. The van der Waals surface area contributed by atoms with Crippen LogP contribution in [0.25, 0.3) is 5.69 Å². The van der Waals surface area contributed by atoms with Crippen molar-refractivity contribution in [2.24, 2.45) is 7.05 Å². The Kier molecular flexibility index (Phi) is 5.54. The average Bonchev–Trinajstić information content (AvgIpc) is 2.94. The summed E-state index contributed by atoms with van der Waals surface area (Å²) >= 11 is 0. The van der Waals surface area contributed by atoms with Gasteiger partial charge in [0.1, 0.15) is 5.69 Å². The number of methoxy groups -OCH3 is 2. The van der Waals surface area contributed by atoms with Crippen LogP contribution in [0.15, 0.2) is 53.3 Å². The molecule has 3 aromatic rings. The van der Waals surface area contributed by atoms with Crippen LogP contribution in [0.4, 0.5) is 5.69 Å². The molecule has 0 unspecified atom stereocenters. The van der Waals surface area contributed by atoms with Crippen molar-refractivity contribution < 1.29 is 14.3 Å². The topological polar surface area (TPSA) is 74.5 Å². The van der Waals surface area contributed by atoms with Gasteiger partial charge in [-0.25, -0.2) is 4.68 Å². The summed E-state index contributed by atoms with van der Waals surface area (Å²) in [5, 5.41) is 3.00. The largest absolute Gasteiger partial charge is 0.493 e. The van der Waals surface area contributed by atoms with E-state index >= 15 is 0 Å². The zero-order chi connectivity index (χ0) is 20.3. The maximum absolute atomic E-state index is 12.9. The highest BCUT2D eigenvalue weighted by molar-refractivity contribution is 5.99. The second-order valence-electron chi connectivity index (χ2n) is 6.28. The van der Waals surface area contributed by atoms with Crippen LogP contribution in [0.2, 0.25) is 0 Å². The number of carbonyl (C=O) groups excluding carboxylic acids is 1. The lowest BCUT2D eigenvalue weighted by Crippen LogP contribution is -2.22. The zero-order valence-electron chi connectivity index (χ0n) is 16.4. The molecular formula is C21H23N3O4. The van der Waals surface area contributed by atoms with Crippen LogP contribution < -0.4 is 20.3 Å². The molecule has 28 heavy (non-hydrogen) atoms. The van der Waals surface area contributed by atoms with Crippen LogP contribution in [0, 0.1) is 6.92 Å². The summed E-state index contributed by atoms with van der Waals surface area (Å²) in [7, 11) is 4.87. The Hall–Kier alpha value is -3.48. The molecule has 0 aliphatic heterocycles. The minimum atomic E-state index is -0.202. The molecule has 7 nitrogen and oxygen atoms in total. The van der Waals surface area contributed by atoms with Gasteiger partial charge in [0.15, 0.2) is 17.3 Å². The molecule has 0 bridgehead atoms. The molecule has 1 N–H and O–H groups in total. The predicted octanol–water partition coefficient (Wildman–Crippen LogP) is 2.80. The van der Waals surface area contributed by atoms with Crippen LogP contribution in [0.5, 0.6) is 11.5 Å². The van der Waals surface area contributed by atoms with Gasteiger partial charge in [0, 0.05) is 12.6 Å². The number of ketones is 1. The molecule has 0 aliphatic carbocycles. The van der Waals surface area contributed by atoms with Crippen LogP contribution in [-0.2, 0) is 7.05 Å². The zero-order valence-corrected chi connectivity index (χ0v) is 16.4. The van der Waals surface area contributed by atoms with Crippen LogP contribution in [-0.4, -0.2) is 35.9 Å². The molecule has 7 heteroatoms. The van der Waals surface area contributed by atoms with Gasteiger partial charge < -0.3 is 14.8 Å². The molecule has 1 heterocycles. The van der Waals surface area contributed by atoms with Crippen molar-refractivity contribution in [2.75, 3.05) is 26.1 Å². The summed E-state index contributed by atoms with van der Waals surface area (Å²) in [6.07, 6.45) is 0. The summed E-state index contributed by atoms with van der Waals surface area (Å²) in [6, 6.07) is 14.3. The molecule has 2 aromatic carbocycles. The van der Waals surface area contributed by atoms with Crippen LogP contribution in [0.3, 0.4) is 0 Å². The minimum absolute atomic E-state index is 0.00956. The fourth-order valence-electron chi connectivity index (χ4n) is 3.05. The van der Waals surface area contributed by atoms with Crippen molar-refractivity contribution >= 4 is 11.5 Å². The molecule has 0 saturated carbocycles. The number of carbonyl (C=O) groups is 1. The molecule has 1 aromatic heterocycles. The molecule has 0 fully saturated rings. The van der Waals surface area contributed by atoms with Crippen LogP contribution in [0.1, 0.15) is 16.1 Å². The number of aromatic nitrogens is 2. The first-order valence-corrected chi connectivity index (χ1v) is 8.81. The lowest BCUT2D eigenvalue weighted by atomic mass is 10.1. The van der Waals surface area contributed by atoms with E-state index in [1.165, 1.54) is 14.2 Å². The Morgan fingerprint density at radius 3 is 2.36 bits per heavy atom. The second-order valence-corrected chi connectivity index (χ2v) is 6.28. The molecule has 146 valence electrons. The number of para-hydroxylation sites is 1. The van der Waals surface area contributed by atoms with E-state index in [1.807, 2.05) is 44.3 Å². The normalized spacial score (nSPS) is 10.6. The quantitative estimate of drug-likeness (QED) is 0.637. The van der Waals surface area contributed by atoms with Crippen molar-refractivity contribution in [3.8, 4) is 17.2 Å². The van der Waals surface area contributed by atoms with Gasteiger partial charge in [0.05, 0.1) is 32.1 Å². The highest BCUT2D eigenvalue weighted by Crippen LogP contribution is 2.27. The van der Waals surface area contributed by atoms with Gasteiger partial charge in [0.2, 0.25) is 0 Å². The summed E-state index contributed by atoms with van der Waals surface area (Å²) in [5.41, 5.74) is 2.18. The highest BCUT2D eigenvalue weighted by atomic mass is 16.5. The molecule has 0 spiro atoms. The molecule has 0 radical (unpaired) electrons. The molecule has 0 aliphatic rings. The average molecular weight is 381 g/mol. The second kappa shape index (κ2) is 8.04. The van der Waals surface area contributed by atoms with Crippen molar-refractivity contribution in [1.29, 1.82) is 0 Å². The van der Waals surface area contributed by atoms with Gasteiger partial charge in [-0.15, -0.1) is 0 Å². The number of rotatable bonds is 7. The van der Waals surface area contributed by atoms with Crippen molar-refractivity contribution in [2.45, 2.75) is 6.92 Å². The van der Waals surface area contributed by atoms with E-state index in [4.69, 9.17) is 9.47 Å². The Balaban J connectivity index is 1.84. The Labute approximate surface area is 163 Å². The highest BCUT2D eigenvalue weighted by Gasteiger charge is 2.17. The number of ether oxygens (including phenoxy) is 2. The molecule has 0 saturated heterocycles. The van der Waals surface area contributed by atoms with E-state index in [-0.39, 0.29) is 17.9 Å². The summed E-state index contributed by atoms with van der Waals surface area (Å²) in [6.45, 7) is 1.83. The maximum atomic E-state index is 12.9. The number of nitrogens with zero attached hydrogens (tertiary/aromatic N) is 2. The van der Waals surface area contributed by atoms with E-state index in [9.17, 15) is 9.59 Å². The van der Waals surface area contributed by atoms with Crippen molar-refractivity contribution in [3.63, 3.8) is 0 Å². The fourth-order valence-corrected chi connectivity index (χ4v) is 3.05. The smallest absolute Gasteiger partial charge is 0.295 e. The van der Waals surface area contributed by atoms with Crippen LogP contribution >= 0.6 is 0 Å². The summed E-state index contributed by atoms with van der Waals surface area (Å²) in [5.74, 6) is 0.877. The summed E-state index contributed by atoms with van der Waals surface area (Å²) < 4.78 is 13.8. The number of nitrogens with one attached hydrogen (secondary N) is 1. The third-order valence-corrected chi connectivity index (χ3v) is 4.69. The lowest BCUT2D eigenvalue weighted by Gasteiger charge is -2.09. The van der Waals surface area contributed by atoms with E-state index in [2.05, 4.69) is 5.32 Å².